The first-order chi connectivity index (χ1) is 5.36. The van der Waals surface area contributed by atoms with Gasteiger partial charge in [-0.15, -0.1) is 11.3 Å². The molecule has 0 aliphatic carbocycles. The second-order valence-corrected chi connectivity index (χ2v) is 3.29. The van der Waals surface area contributed by atoms with Crippen LogP contribution in [0.2, 0.25) is 0 Å². The minimum atomic E-state index is -0.316. The average Bonchev–Trinajstić information content (AvgIpc) is 2.55. The fourth-order valence-electron chi connectivity index (χ4n) is 1.03. The summed E-state index contributed by atoms with van der Waals surface area (Å²) in [5, 5.41) is 4.69. The number of amides is 1. The van der Waals surface area contributed by atoms with Gasteiger partial charge in [-0.1, -0.05) is 6.07 Å². The summed E-state index contributed by atoms with van der Waals surface area (Å²) < 4.78 is 4.75. The van der Waals surface area contributed by atoms with Crippen molar-refractivity contribution in [3.63, 3.8) is 0 Å². The van der Waals surface area contributed by atoms with Crippen LogP contribution < -0.4 is 5.32 Å². The lowest BCUT2D eigenvalue weighted by Gasteiger charge is -2.01. The Kier molecular flexibility index (Phi) is 1.54. The summed E-state index contributed by atoms with van der Waals surface area (Å²) in [7, 11) is 0. The number of hydrogen-bond acceptors (Lipinski definition) is 3. The van der Waals surface area contributed by atoms with Gasteiger partial charge in [0.1, 0.15) is 12.6 Å². The number of carbonyl (C=O) groups is 1. The van der Waals surface area contributed by atoms with E-state index in [1.165, 1.54) is 0 Å². The molecule has 1 N–H and O–H groups in total. The number of nitrogens with one attached hydrogen (secondary N) is 1. The Bertz CT molecular complexity index is 257. The van der Waals surface area contributed by atoms with Gasteiger partial charge in [0.25, 0.3) is 0 Å². The molecular formula is C7H7NO2S. The van der Waals surface area contributed by atoms with E-state index < -0.39 is 0 Å². The fourth-order valence-corrected chi connectivity index (χ4v) is 1.79. The average molecular weight is 169 g/mol. The highest BCUT2D eigenvalue weighted by atomic mass is 32.1. The molecule has 1 atom stereocenters. The van der Waals surface area contributed by atoms with E-state index in [0.717, 1.165) is 4.88 Å². The van der Waals surface area contributed by atoms with Crippen LogP contribution in [0, 0.1) is 0 Å². The molecule has 2 rings (SSSR count). The molecule has 11 heavy (non-hydrogen) atoms. The number of rotatable bonds is 1. The van der Waals surface area contributed by atoms with E-state index in [4.69, 9.17) is 4.74 Å². The quantitative estimate of drug-likeness (QED) is 0.692. The minimum Gasteiger partial charge on any atom is -0.447 e. The molecule has 0 spiro atoms. The predicted octanol–water partition coefficient (Wildman–Crippen LogP) is 1.53. The number of cyclic esters (lactones) is 1. The molecular weight excluding hydrogens is 162 g/mol. The van der Waals surface area contributed by atoms with Crippen LogP contribution in [-0.4, -0.2) is 12.7 Å². The number of hydrogen-bond donors (Lipinski definition) is 1. The molecule has 1 aromatic rings. The maximum absolute atomic E-state index is 10.6. The van der Waals surface area contributed by atoms with Gasteiger partial charge in [-0.25, -0.2) is 4.79 Å². The molecule has 0 radical (unpaired) electrons. The second kappa shape index (κ2) is 2.54. The molecule has 0 aromatic carbocycles. The molecule has 3 nitrogen and oxygen atoms in total. The van der Waals surface area contributed by atoms with Crippen molar-refractivity contribution in [2.45, 2.75) is 6.04 Å². The van der Waals surface area contributed by atoms with Crippen molar-refractivity contribution in [2.75, 3.05) is 6.61 Å². The summed E-state index contributed by atoms with van der Waals surface area (Å²) in [5.74, 6) is 0. The number of carbonyl (C=O) groups excluding carboxylic acids is 1. The Morgan fingerprint density at radius 1 is 1.73 bits per heavy atom. The highest BCUT2D eigenvalue weighted by Crippen LogP contribution is 2.22. The van der Waals surface area contributed by atoms with Crippen LogP contribution in [-0.2, 0) is 4.74 Å². The highest BCUT2D eigenvalue weighted by molar-refractivity contribution is 7.10. The summed E-state index contributed by atoms with van der Waals surface area (Å²) in [5.41, 5.74) is 0. The monoisotopic (exact) mass is 169 g/mol. The van der Waals surface area contributed by atoms with Gasteiger partial charge < -0.3 is 10.1 Å². The van der Waals surface area contributed by atoms with Gasteiger partial charge in [-0.05, 0) is 11.4 Å². The molecule has 58 valence electrons. The van der Waals surface area contributed by atoms with Crippen LogP contribution in [0.3, 0.4) is 0 Å². The van der Waals surface area contributed by atoms with Gasteiger partial charge >= 0.3 is 6.09 Å². The maximum Gasteiger partial charge on any atom is 0.407 e. The Morgan fingerprint density at radius 3 is 3.18 bits per heavy atom. The van der Waals surface area contributed by atoms with Gasteiger partial charge in [0.15, 0.2) is 0 Å². The molecule has 1 amide bonds. The van der Waals surface area contributed by atoms with Crippen molar-refractivity contribution in [3.05, 3.63) is 22.4 Å². The van der Waals surface area contributed by atoms with E-state index >= 15 is 0 Å². The van der Waals surface area contributed by atoms with Gasteiger partial charge in [0.05, 0.1) is 0 Å². The highest BCUT2D eigenvalue weighted by Gasteiger charge is 2.23. The topological polar surface area (TPSA) is 38.3 Å². The molecule has 1 aromatic heterocycles. The molecule has 1 aliphatic heterocycles. The third kappa shape index (κ3) is 1.21. The summed E-state index contributed by atoms with van der Waals surface area (Å²) in [6.07, 6.45) is -0.316. The second-order valence-electron chi connectivity index (χ2n) is 2.31. The van der Waals surface area contributed by atoms with E-state index in [2.05, 4.69) is 5.32 Å². The van der Waals surface area contributed by atoms with E-state index in [1.54, 1.807) is 11.3 Å². The molecule has 1 aliphatic rings. The molecule has 0 bridgehead atoms. The molecule has 0 saturated carbocycles. The zero-order chi connectivity index (χ0) is 7.68. The van der Waals surface area contributed by atoms with E-state index in [0.29, 0.717) is 6.61 Å². The predicted molar refractivity (Wildman–Crippen MR) is 41.5 cm³/mol. The first kappa shape index (κ1) is 6.67. The maximum atomic E-state index is 10.6. The third-order valence-electron chi connectivity index (χ3n) is 1.56. The van der Waals surface area contributed by atoms with Crippen molar-refractivity contribution in [3.8, 4) is 0 Å². The minimum absolute atomic E-state index is 0.0718. The van der Waals surface area contributed by atoms with Crippen LogP contribution in [0.1, 0.15) is 10.9 Å². The molecule has 4 heteroatoms. The van der Waals surface area contributed by atoms with Crippen LogP contribution in [0.4, 0.5) is 4.79 Å². The standard InChI is InChI=1S/C7H7NO2S/c9-7-8-5(4-10-7)6-2-1-3-11-6/h1-3,5H,4H2,(H,8,9)/t5-/m0/s1. The summed E-state index contributed by atoms with van der Waals surface area (Å²) in [4.78, 5) is 11.8. The Morgan fingerprint density at radius 2 is 2.64 bits per heavy atom. The smallest absolute Gasteiger partial charge is 0.407 e. The zero-order valence-electron chi connectivity index (χ0n) is 5.74. The van der Waals surface area contributed by atoms with E-state index in [-0.39, 0.29) is 12.1 Å². The summed E-state index contributed by atoms with van der Waals surface area (Å²) in [6.45, 7) is 0.458. The SMILES string of the molecule is O=C1N[C@H](c2cccs2)CO1. The van der Waals surface area contributed by atoms with Gasteiger partial charge in [-0.3, -0.25) is 0 Å². The van der Waals surface area contributed by atoms with Crippen molar-refractivity contribution in [1.82, 2.24) is 5.32 Å². The van der Waals surface area contributed by atoms with Crippen LogP contribution in [0.25, 0.3) is 0 Å². The van der Waals surface area contributed by atoms with Crippen molar-refractivity contribution in [1.29, 1.82) is 0 Å². The first-order valence-electron chi connectivity index (χ1n) is 3.33. The Hall–Kier alpha value is -1.03. The molecule has 2 heterocycles. The number of thiophene rings is 1. The zero-order valence-corrected chi connectivity index (χ0v) is 6.56. The summed E-state index contributed by atoms with van der Waals surface area (Å²) >= 11 is 1.63. The number of alkyl carbamates (subject to hydrolysis) is 1. The van der Waals surface area contributed by atoms with Crippen molar-refractivity contribution >= 4 is 17.4 Å². The molecule has 1 fully saturated rings. The fraction of sp³-hybridized carbons (Fsp3) is 0.286. The Labute approximate surface area is 68.0 Å². The van der Waals surface area contributed by atoms with Gasteiger partial charge in [0.2, 0.25) is 0 Å². The van der Waals surface area contributed by atoms with E-state index in [1.807, 2.05) is 17.5 Å². The largest absolute Gasteiger partial charge is 0.447 e. The van der Waals surface area contributed by atoms with Gasteiger partial charge in [-0.2, -0.15) is 0 Å². The van der Waals surface area contributed by atoms with E-state index in [9.17, 15) is 4.79 Å². The number of ether oxygens (including phenoxy) is 1. The molecule has 0 unspecified atom stereocenters. The normalized spacial score (nSPS) is 22.9. The lowest BCUT2D eigenvalue weighted by Crippen LogP contribution is -2.17. The molecule has 1 saturated heterocycles. The van der Waals surface area contributed by atoms with Crippen molar-refractivity contribution in [2.24, 2.45) is 0 Å². The van der Waals surface area contributed by atoms with Crippen molar-refractivity contribution < 1.29 is 9.53 Å². The van der Waals surface area contributed by atoms with Crippen LogP contribution in [0.15, 0.2) is 17.5 Å². The lowest BCUT2D eigenvalue weighted by molar-refractivity contribution is 0.177. The van der Waals surface area contributed by atoms with Crippen LogP contribution >= 0.6 is 11.3 Å². The lowest BCUT2D eigenvalue weighted by atomic mass is 10.3. The summed E-state index contributed by atoms with van der Waals surface area (Å²) in [6, 6.07) is 4.02. The Balaban J connectivity index is 2.13. The third-order valence-corrected chi connectivity index (χ3v) is 2.55. The first-order valence-corrected chi connectivity index (χ1v) is 4.21. The van der Waals surface area contributed by atoms with Gasteiger partial charge in [0, 0.05) is 4.88 Å². The van der Waals surface area contributed by atoms with Crippen LogP contribution in [0.5, 0.6) is 0 Å².